The van der Waals surface area contributed by atoms with Gasteiger partial charge < -0.3 is 9.64 Å². The fraction of sp³-hybridized carbons (Fsp3) is 0.300. The maximum Gasteiger partial charge on any atom is 0.266 e. The second-order valence-corrected chi connectivity index (χ2v) is 7.57. The quantitative estimate of drug-likeness (QED) is 0.620. The number of benzene rings is 2. The van der Waals surface area contributed by atoms with E-state index in [1.807, 2.05) is 50.2 Å². The highest BCUT2D eigenvalue weighted by molar-refractivity contribution is 7.22. The maximum atomic E-state index is 13.5. The lowest BCUT2D eigenvalue weighted by atomic mass is 10.2. The van der Waals surface area contributed by atoms with E-state index in [0.717, 1.165) is 5.56 Å². The summed E-state index contributed by atoms with van der Waals surface area (Å²) in [6.45, 7) is 3.07. The zero-order valence-corrected chi connectivity index (χ0v) is 16.4. The van der Waals surface area contributed by atoms with Crippen LogP contribution in [0.2, 0.25) is 0 Å². The molecule has 0 fully saturated rings. The molecule has 0 unspecified atom stereocenters. The minimum Gasteiger partial charge on any atom is -0.484 e. The molecule has 27 heavy (non-hydrogen) atoms. The Morgan fingerprint density at radius 3 is 2.59 bits per heavy atom. The SMILES string of the molecule is Cc1ccc(OCC(=O)N(CCN(C)C)c2nc3ccc(F)cc3s2)cc1. The number of fused-ring (bicyclic) bond motifs is 1. The first kappa shape index (κ1) is 19.3. The number of nitrogens with zero attached hydrogens (tertiary/aromatic N) is 3. The number of ether oxygens (including phenoxy) is 1. The maximum absolute atomic E-state index is 13.5. The lowest BCUT2D eigenvalue weighted by Gasteiger charge is -2.22. The molecule has 0 N–H and O–H groups in total. The van der Waals surface area contributed by atoms with Crippen molar-refractivity contribution in [1.29, 1.82) is 0 Å². The molecule has 3 aromatic rings. The third-order valence-corrected chi connectivity index (χ3v) is 5.07. The van der Waals surface area contributed by atoms with E-state index in [2.05, 4.69) is 4.98 Å². The van der Waals surface area contributed by atoms with Crippen molar-refractivity contribution in [2.24, 2.45) is 0 Å². The van der Waals surface area contributed by atoms with E-state index >= 15 is 0 Å². The van der Waals surface area contributed by atoms with E-state index in [4.69, 9.17) is 4.74 Å². The highest BCUT2D eigenvalue weighted by Gasteiger charge is 2.20. The van der Waals surface area contributed by atoms with E-state index in [1.165, 1.54) is 23.5 Å². The number of hydrogen-bond donors (Lipinski definition) is 0. The number of aromatic nitrogens is 1. The number of likely N-dealkylation sites (N-methyl/N-ethyl adjacent to an activating group) is 1. The minimum atomic E-state index is -0.313. The average Bonchev–Trinajstić information content (AvgIpc) is 3.03. The topological polar surface area (TPSA) is 45.7 Å². The highest BCUT2D eigenvalue weighted by atomic mass is 32.1. The molecular weight excluding hydrogens is 365 g/mol. The molecule has 3 rings (SSSR count). The molecule has 0 saturated heterocycles. The van der Waals surface area contributed by atoms with Gasteiger partial charge in [-0.3, -0.25) is 9.69 Å². The zero-order valence-electron chi connectivity index (χ0n) is 15.6. The summed E-state index contributed by atoms with van der Waals surface area (Å²) in [6.07, 6.45) is 0. The van der Waals surface area contributed by atoms with Crippen LogP contribution in [-0.2, 0) is 4.79 Å². The van der Waals surface area contributed by atoms with Gasteiger partial charge in [0.25, 0.3) is 5.91 Å². The van der Waals surface area contributed by atoms with Crippen LogP contribution < -0.4 is 9.64 Å². The molecule has 0 radical (unpaired) electrons. The summed E-state index contributed by atoms with van der Waals surface area (Å²) in [5, 5.41) is 0.551. The van der Waals surface area contributed by atoms with Gasteiger partial charge in [0.05, 0.1) is 10.2 Å². The lowest BCUT2D eigenvalue weighted by molar-refractivity contribution is -0.120. The summed E-state index contributed by atoms with van der Waals surface area (Å²) in [4.78, 5) is 20.9. The summed E-state index contributed by atoms with van der Waals surface area (Å²) in [6, 6.07) is 12.0. The number of hydrogen-bond acceptors (Lipinski definition) is 5. The van der Waals surface area contributed by atoms with Crippen molar-refractivity contribution in [3.05, 3.63) is 53.8 Å². The first-order chi connectivity index (χ1) is 12.9. The van der Waals surface area contributed by atoms with Crippen molar-refractivity contribution in [3.63, 3.8) is 0 Å². The van der Waals surface area contributed by atoms with Gasteiger partial charge in [-0.1, -0.05) is 29.0 Å². The van der Waals surface area contributed by atoms with Gasteiger partial charge in [0, 0.05) is 13.1 Å². The Hall–Kier alpha value is -2.51. The number of amides is 1. The Kier molecular flexibility index (Phi) is 6.03. The Balaban J connectivity index is 1.78. The number of anilines is 1. The predicted molar refractivity (Wildman–Crippen MR) is 107 cm³/mol. The van der Waals surface area contributed by atoms with E-state index in [9.17, 15) is 9.18 Å². The average molecular weight is 387 g/mol. The van der Waals surface area contributed by atoms with Gasteiger partial charge >= 0.3 is 0 Å². The van der Waals surface area contributed by atoms with Gasteiger partial charge in [0.2, 0.25) is 0 Å². The van der Waals surface area contributed by atoms with Crippen LogP contribution in [0.3, 0.4) is 0 Å². The van der Waals surface area contributed by atoms with E-state index < -0.39 is 0 Å². The van der Waals surface area contributed by atoms with Crippen molar-refractivity contribution in [3.8, 4) is 5.75 Å². The predicted octanol–water partition coefficient (Wildman–Crippen LogP) is 3.72. The smallest absolute Gasteiger partial charge is 0.266 e. The molecule has 1 heterocycles. The Morgan fingerprint density at radius 2 is 1.89 bits per heavy atom. The number of carbonyl (C=O) groups excluding carboxylic acids is 1. The molecule has 0 bridgehead atoms. The van der Waals surface area contributed by atoms with Crippen LogP contribution in [-0.4, -0.2) is 49.6 Å². The van der Waals surface area contributed by atoms with Crippen LogP contribution in [0.1, 0.15) is 5.56 Å². The summed E-state index contributed by atoms with van der Waals surface area (Å²) in [7, 11) is 3.89. The fourth-order valence-corrected chi connectivity index (χ4v) is 3.52. The van der Waals surface area contributed by atoms with Crippen LogP contribution in [0, 0.1) is 12.7 Å². The molecule has 0 aliphatic heterocycles. The van der Waals surface area contributed by atoms with Crippen LogP contribution >= 0.6 is 11.3 Å². The second-order valence-electron chi connectivity index (χ2n) is 6.56. The monoisotopic (exact) mass is 387 g/mol. The van der Waals surface area contributed by atoms with Gasteiger partial charge in [0.1, 0.15) is 11.6 Å². The standard InChI is InChI=1S/C20H22FN3O2S/c1-14-4-7-16(8-5-14)26-13-19(25)24(11-10-23(2)3)20-22-17-9-6-15(21)12-18(17)27-20/h4-9,12H,10-11,13H2,1-3H3. The number of rotatable bonds is 7. The van der Waals surface area contributed by atoms with Crippen molar-refractivity contribution in [2.45, 2.75) is 6.92 Å². The largest absolute Gasteiger partial charge is 0.484 e. The van der Waals surface area contributed by atoms with Crippen LogP contribution in [0.4, 0.5) is 9.52 Å². The fourth-order valence-electron chi connectivity index (χ4n) is 2.49. The molecule has 0 atom stereocenters. The number of carbonyl (C=O) groups is 1. The molecule has 1 aromatic heterocycles. The summed E-state index contributed by atoms with van der Waals surface area (Å²) in [5.41, 5.74) is 1.81. The molecule has 142 valence electrons. The molecular formula is C20H22FN3O2S. The zero-order chi connectivity index (χ0) is 19.4. The number of aryl methyl sites for hydroxylation is 1. The lowest BCUT2D eigenvalue weighted by Crippen LogP contribution is -2.39. The van der Waals surface area contributed by atoms with Crippen molar-refractivity contribution in [1.82, 2.24) is 9.88 Å². The first-order valence-electron chi connectivity index (χ1n) is 8.63. The minimum absolute atomic E-state index is 0.0826. The van der Waals surface area contributed by atoms with Gasteiger partial charge in [-0.2, -0.15) is 0 Å². The van der Waals surface area contributed by atoms with E-state index in [0.29, 0.717) is 34.2 Å². The third-order valence-electron chi connectivity index (χ3n) is 4.03. The van der Waals surface area contributed by atoms with Crippen molar-refractivity contribution in [2.75, 3.05) is 38.7 Å². The van der Waals surface area contributed by atoms with Crippen LogP contribution in [0.5, 0.6) is 5.75 Å². The third kappa shape index (κ3) is 5.02. The van der Waals surface area contributed by atoms with Crippen LogP contribution in [0.15, 0.2) is 42.5 Å². The second kappa shape index (κ2) is 8.45. The van der Waals surface area contributed by atoms with Gasteiger partial charge in [-0.15, -0.1) is 0 Å². The first-order valence-corrected chi connectivity index (χ1v) is 9.44. The number of halogens is 1. The molecule has 7 heteroatoms. The molecule has 0 spiro atoms. The van der Waals surface area contributed by atoms with Crippen LogP contribution in [0.25, 0.3) is 10.2 Å². The summed E-state index contributed by atoms with van der Waals surface area (Å²) >= 11 is 1.30. The van der Waals surface area contributed by atoms with E-state index in [-0.39, 0.29) is 18.3 Å². The normalized spacial score (nSPS) is 11.1. The Bertz CT molecular complexity index is 925. The van der Waals surface area contributed by atoms with E-state index in [1.54, 1.807) is 11.0 Å². The number of thiazole rings is 1. The molecule has 0 saturated carbocycles. The summed E-state index contributed by atoms with van der Waals surface area (Å²) in [5.74, 6) is 0.149. The molecule has 1 amide bonds. The van der Waals surface area contributed by atoms with Gasteiger partial charge in [0.15, 0.2) is 11.7 Å². The van der Waals surface area contributed by atoms with Gasteiger partial charge in [-0.25, -0.2) is 9.37 Å². The molecule has 5 nitrogen and oxygen atoms in total. The highest BCUT2D eigenvalue weighted by Crippen LogP contribution is 2.29. The Morgan fingerprint density at radius 1 is 1.15 bits per heavy atom. The molecule has 0 aliphatic rings. The summed E-state index contributed by atoms with van der Waals surface area (Å²) < 4.78 is 19.8. The van der Waals surface area contributed by atoms with Crippen molar-refractivity contribution < 1.29 is 13.9 Å². The van der Waals surface area contributed by atoms with Gasteiger partial charge in [-0.05, 0) is 51.4 Å². The molecule has 0 aliphatic carbocycles. The molecule has 2 aromatic carbocycles. The Labute approximate surface area is 162 Å². The van der Waals surface area contributed by atoms with Crippen molar-refractivity contribution >= 4 is 32.6 Å².